The van der Waals surface area contributed by atoms with E-state index in [4.69, 9.17) is 0 Å². The lowest BCUT2D eigenvalue weighted by molar-refractivity contribution is 1.13. The highest BCUT2D eigenvalue weighted by atomic mass is 14.9. The summed E-state index contributed by atoms with van der Waals surface area (Å²) in [5, 5.41) is 0.905. The molecule has 0 aliphatic heterocycles. The molecule has 5 heteroatoms. The summed E-state index contributed by atoms with van der Waals surface area (Å²) >= 11 is 0. The van der Waals surface area contributed by atoms with Gasteiger partial charge in [-0.2, -0.15) is 0 Å². The number of nitrogens with zero attached hydrogens (tertiary/aromatic N) is 5. The van der Waals surface area contributed by atoms with Crippen LogP contribution >= 0.6 is 0 Å². The fourth-order valence-electron chi connectivity index (χ4n) is 1.42. The van der Waals surface area contributed by atoms with Gasteiger partial charge in [0.2, 0.25) is 0 Å². The second-order valence-corrected chi connectivity index (χ2v) is 3.20. The Morgan fingerprint density at radius 3 is 2.69 bits per heavy atom. The first-order chi connectivity index (χ1) is 7.93. The van der Waals surface area contributed by atoms with E-state index in [0.29, 0.717) is 17.2 Å². The molecule has 5 nitrogen and oxygen atoms in total. The maximum atomic E-state index is 4.37. The Kier molecular flexibility index (Phi) is 2.00. The Balaban J connectivity index is 2.19. The zero-order chi connectivity index (χ0) is 10.8. The minimum Gasteiger partial charge on any atom is -0.244 e. The molecule has 3 aromatic rings. The van der Waals surface area contributed by atoms with Crippen LogP contribution in [0.1, 0.15) is 0 Å². The molecule has 0 radical (unpaired) electrons. The molecule has 0 saturated carbocycles. The quantitative estimate of drug-likeness (QED) is 0.607. The summed E-state index contributed by atoms with van der Waals surface area (Å²) in [6, 6.07) is 5.54. The number of aromatic nitrogens is 5. The third kappa shape index (κ3) is 1.48. The summed E-state index contributed by atoms with van der Waals surface area (Å²) in [5.41, 5.74) is 1.37. The summed E-state index contributed by atoms with van der Waals surface area (Å²) in [6.07, 6.45) is 6.58. The van der Waals surface area contributed by atoms with Crippen molar-refractivity contribution >= 4 is 11.0 Å². The van der Waals surface area contributed by atoms with Gasteiger partial charge in [-0.3, -0.25) is 0 Å². The summed E-state index contributed by atoms with van der Waals surface area (Å²) in [5.74, 6) is 0.600. The van der Waals surface area contributed by atoms with Crippen LogP contribution < -0.4 is 0 Å². The molecule has 16 heavy (non-hydrogen) atoms. The van der Waals surface area contributed by atoms with Gasteiger partial charge < -0.3 is 0 Å². The first-order valence-electron chi connectivity index (χ1n) is 4.78. The van der Waals surface area contributed by atoms with Crippen molar-refractivity contribution < 1.29 is 0 Å². The van der Waals surface area contributed by atoms with Gasteiger partial charge in [-0.05, 0) is 18.2 Å². The van der Waals surface area contributed by atoms with E-state index >= 15 is 0 Å². The van der Waals surface area contributed by atoms with Gasteiger partial charge in [0.15, 0.2) is 11.5 Å². The lowest BCUT2D eigenvalue weighted by atomic mass is 10.3. The number of fused-ring (bicyclic) bond motifs is 1. The molecule has 0 bridgehead atoms. The zero-order valence-electron chi connectivity index (χ0n) is 8.28. The molecule has 0 atom stereocenters. The molecule has 0 amide bonds. The minimum absolute atomic E-state index is 0.600. The monoisotopic (exact) mass is 209 g/mol. The van der Waals surface area contributed by atoms with Crippen LogP contribution in [0.5, 0.6) is 0 Å². The highest BCUT2D eigenvalue weighted by Gasteiger charge is 2.03. The highest BCUT2D eigenvalue weighted by molar-refractivity contribution is 5.75. The summed E-state index contributed by atoms with van der Waals surface area (Å²) < 4.78 is 0. The van der Waals surface area contributed by atoms with Crippen LogP contribution in [-0.2, 0) is 0 Å². The molecule has 0 saturated heterocycles. The molecule has 76 valence electrons. The Morgan fingerprint density at radius 2 is 1.81 bits per heavy atom. The van der Waals surface area contributed by atoms with Crippen LogP contribution in [-0.4, -0.2) is 24.9 Å². The molecule has 0 spiro atoms. The number of rotatable bonds is 1. The number of pyridine rings is 1. The summed E-state index contributed by atoms with van der Waals surface area (Å²) in [4.78, 5) is 20.7. The molecular weight excluding hydrogens is 202 g/mol. The van der Waals surface area contributed by atoms with Crippen molar-refractivity contribution in [1.29, 1.82) is 0 Å². The van der Waals surface area contributed by atoms with Crippen LogP contribution in [0.3, 0.4) is 0 Å². The molecular formula is C11H7N5. The van der Waals surface area contributed by atoms with E-state index in [1.165, 1.54) is 6.33 Å². The van der Waals surface area contributed by atoms with Crippen molar-refractivity contribution in [3.63, 3.8) is 0 Å². The lowest BCUT2D eigenvalue weighted by Crippen LogP contribution is -1.92. The van der Waals surface area contributed by atoms with Crippen molar-refractivity contribution in [3.05, 3.63) is 43.1 Å². The maximum absolute atomic E-state index is 4.37. The van der Waals surface area contributed by atoms with Crippen molar-refractivity contribution in [3.8, 4) is 11.5 Å². The molecule has 0 unspecified atom stereocenters. The molecule has 3 rings (SSSR count). The minimum atomic E-state index is 0.600. The van der Waals surface area contributed by atoms with Gasteiger partial charge in [0.25, 0.3) is 0 Å². The van der Waals surface area contributed by atoms with E-state index < -0.39 is 0 Å². The number of hydrogen-bond donors (Lipinski definition) is 0. The van der Waals surface area contributed by atoms with E-state index in [1.54, 1.807) is 24.7 Å². The lowest BCUT2D eigenvalue weighted by Gasteiger charge is -1.99. The highest BCUT2D eigenvalue weighted by Crippen LogP contribution is 2.14. The standard InChI is InChI=1S/C11H7N5/c1-4-13-11(14-5-1)9-3-2-8-6-12-7-15-10(8)16-9/h1-7H. The largest absolute Gasteiger partial charge is 0.244 e. The van der Waals surface area contributed by atoms with Gasteiger partial charge in [0.05, 0.1) is 0 Å². The fraction of sp³-hybridized carbons (Fsp3) is 0. The smallest absolute Gasteiger partial charge is 0.178 e. The third-order valence-electron chi connectivity index (χ3n) is 2.16. The van der Waals surface area contributed by atoms with Crippen molar-refractivity contribution in [1.82, 2.24) is 24.9 Å². The Morgan fingerprint density at radius 1 is 0.938 bits per heavy atom. The third-order valence-corrected chi connectivity index (χ3v) is 2.16. The Bertz CT molecular complexity index is 623. The fourth-order valence-corrected chi connectivity index (χ4v) is 1.42. The first kappa shape index (κ1) is 8.84. The van der Waals surface area contributed by atoms with Gasteiger partial charge in [-0.25, -0.2) is 24.9 Å². The van der Waals surface area contributed by atoms with Crippen molar-refractivity contribution in [2.24, 2.45) is 0 Å². The van der Waals surface area contributed by atoms with Crippen LogP contribution in [0.2, 0.25) is 0 Å². The zero-order valence-corrected chi connectivity index (χ0v) is 8.28. The average Bonchev–Trinajstić information content (AvgIpc) is 2.39. The van der Waals surface area contributed by atoms with Gasteiger partial charge in [0.1, 0.15) is 12.0 Å². The molecule has 0 fully saturated rings. The first-order valence-corrected chi connectivity index (χ1v) is 4.78. The summed E-state index contributed by atoms with van der Waals surface area (Å²) in [6.45, 7) is 0. The molecule has 3 aromatic heterocycles. The van der Waals surface area contributed by atoms with Gasteiger partial charge in [-0.15, -0.1) is 0 Å². The Labute approximate surface area is 91.3 Å². The second kappa shape index (κ2) is 3.62. The maximum Gasteiger partial charge on any atom is 0.178 e. The van der Waals surface area contributed by atoms with Crippen LogP contribution in [0.25, 0.3) is 22.6 Å². The summed E-state index contributed by atoms with van der Waals surface area (Å²) in [7, 11) is 0. The van der Waals surface area contributed by atoms with Gasteiger partial charge in [-0.1, -0.05) is 0 Å². The van der Waals surface area contributed by atoms with Crippen LogP contribution in [0.4, 0.5) is 0 Å². The van der Waals surface area contributed by atoms with E-state index in [9.17, 15) is 0 Å². The molecule has 0 aromatic carbocycles. The second-order valence-electron chi connectivity index (χ2n) is 3.20. The van der Waals surface area contributed by atoms with E-state index in [1.807, 2.05) is 12.1 Å². The number of hydrogen-bond acceptors (Lipinski definition) is 5. The van der Waals surface area contributed by atoms with E-state index in [2.05, 4.69) is 24.9 Å². The molecule has 0 aliphatic carbocycles. The van der Waals surface area contributed by atoms with Crippen LogP contribution in [0, 0.1) is 0 Å². The van der Waals surface area contributed by atoms with Gasteiger partial charge >= 0.3 is 0 Å². The van der Waals surface area contributed by atoms with Crippen LogP contribution in [0.15, 0.2) is 43.1 Å². The normalized spacial score (nSPS) is 10.5. The molecule has 3 heterocycles. The molecule has 0 aliphatic rings. The predicted octanol–water partition coefficient (Wildman–Crippen LogP) is 1.48. The van der Waals surface area contributed by atoms with E-state index in [-0.39, 0.29) is 0 Å². The van der Waals surface area contributed by atoms with E-state index in [0.717, 1.165) is 5.39 Å². The SMILES string of the molecule is c1cnc(-c2ccc3cncnc3n2)nc1. The predicted molar refractivity (Wildman–Crippen MR) is 58.4 cm³/mol. The van der Waals surface area contributed by atoms with Gasteiger partial charge in [0, 0.05) is 24.0 Å². The average molecular weight is 209 g/mol. The topological polar surface area (TPSA) is 64.5 Å². The van der Waals surface area contributed by atoms with Crippen molar-refractivity contribution in [2.45, 2.75) is 0 Å². The Hall–Kier alpha value is -2.43. The molecule has 0 N–H and O–H groups in total. The van der Waals surface area contributed by atoms with Crippen molar-refractivity contribution in [2.75, 3.05) is 0 Å².